The van der Waals surface area contributed by atoms with Crippen molar-refractivity contribution in [1.82, 2.24) is 9.78 Å². The number of nitrogens with zero attached hydrogens (tertiary/aromatic N) is 2. The lowest BCUT2D eigenvalue weighted by Gasteiger charge is -2.14. The van der Waals surface area contributed by atoms with Gasteiger partial charge in [0.1, 0.15) is 11.5 Å². The van der Waals surface area contributed by atoms with E-state index in [0.29, 0.717) is 24.2 Å². The first kappa shape index (κ1) is 13.9. The molecule has 0 radical (unpaired) electrons. The summed E-state index contributed by atoms with van der Waals surface area (Å²) in [6.07, 6.45) is 2.51. The highest BCUT2D eigenvalue weighted by Gasteiger charge is 2.27. The van der Waals surface area contributed by atoms with Crippen LogP contribution in [0.1, 0.15) is 29.7 Å². The van der Waals surface area contributed by atoms with Crippen LogP contribution in [0.3, 0.4) is 0 Å². The molecule has 0 spiro atoms. The minimum atomic E-state index is -0.678. The number of methoxy groups -OCH3 is 1. The Morgan fingerprint density at radius 1 is 1.65 bits per heavy atom. The average Bonchev–Trinajstić information content (AvgIpc) is 3.08. The number of furan rings is 1. The zero-order valence-corrected chi connectivity index (χ0v) is 11.2. The Bertz CT molecular complexity index is 616. The normalized spacial score (nSPS) is 12.1. The van der Waals surface area contributed by atoms with Gasteiger partial charge >= 0.3 is 5.97 Å². The van der Waals surface area contributed by atoms with E-state index in [1.165, 1.54) is 18.1 Å². The van der Waals surface area contributed by atoms with Crippen LogP contribution in [0.15, 0.2) is 22.8 Å². The second-order valence-corrected chi connectivity index (χ2v) is 4.13. The summed E-state index contributed by atoms with van der Waals surface area (Å²) in [4.78, 5) is 23.0. The molecule has 0 bridgehead atoms. The van der Waals surface area contributed by atoms with Crippen LogP contribution < -0.4 is 5.73 Å². The van der Waals surface area contributed by atoms with Crippen LogP contribution in [-0.2, 0) is 9.53 Å². The molecule has 1 unspecified atom stereocenters. The number of aldehydes is 1. The zero-order chi connectivity index (χ0) is 14.7. The molecule has 2 rings (SSSR count). The highest BCUT2D eigenvalue weighted by molar-refractivity contribution is 5.91. The Labute approximate surface area is 115 Å². The van der Waals surface area contributed by atoms with E-state index in [-0.39, 0.29) is 11.4 Å². The minimum Gasteiger partial charge on any atom is -0.467 e. The van der Waals surface area contributed by atoms with Gasteiger partial charge in [-0.25, -0.2) is 9.48 Å². The first-order valence-corrected chi connectivity index (χ1v) is 6.08. The second kappa shape index (κ2) is 5.60. The number of aromatic nitrogens is 2. The van der Waals surface area contributed by atoms with Crippen LogP contribution in [0.5, 0.6) is 0 Å². The molecule has 2 aromatic heterocycles. The smallest absolute Gasteiger partial charge is 0.330 e. The molecule has 0 saturated carbocycles. The quantitative estimate of drug-likeness (QED) is 0.659. The summed E-state index contributed by atoms with van der Waals surface area (Å²) in [7, 11) is 1.29. The Morgan fingerprint density at radius 2 is 2.40 bits per heavy atom. The Kier molecular flexibility index (Phi) is 3.88. The molecular weight excluding hydrogens is 262 g/mol. The van der Waals surface area contributed by atoms with E-state index in [2.05, 4.69) is 5.10 Å². The highest BCUT2D eigenvalue weighted by Crippen LogP contribution is 2.29. The number of rotatable bonds is 5. The molecule has 0 aliphatic heterocycles. The second-order valence-electron chi connectivity index (χ2n) is 4.13. The lowest BCUT2D eigenvalue weighted by Crippen LogP contribution is -2.22. The maximum absolute atomic E-state index is 11.7. The van der Waals surface area contributed by atoms with Crippen molar-refractivity contribution in [3.8, 4) is 11.5 Å². The van der Waals surface area contributed by atoms with E-state index in [4.69, 9.17) is 14.9 Å². The van der Waals surface area contributed by atoms with Crippen molar-refractivity contribution in [2.75, 3.05) is 12.8 Å². The fraction of sp³-hybridized carbons (Fsp3) is 0.308. The molecule has 7 heteroatoms. The van der Waals surface area contributed by atoms with E-state index in [0.717, 1.165) is 0 Å². The predicted molar refractivity (Wildman–Crippen MR) is 71.1 cm³/mol. The summed E-state index contributed by atoms with van der Waals surface area (Å²) in [5.41, 5.74) is 6.42. The summed E-state index contributed by atoms with van der Waals surface area (Å²) < 4.78 is 11.2. The number of carbonyl (C=O) groups excluding carboxylic acids is 2. The largest absolute Gasteiger partial charge is 0.467 e. The van der Waals surface area contributed by atoms with Gasteiger partial charge in [0, 0.05) is 0 Å². The van der Waals surface area contributed by atoms with Gasteiger partial charge in [0.05, 0.1) is 18.9 Å². The molecule has 2 heterocycles. The van der Waals surface area contributed by atoms with E-state index in [9.17, 15) is 9.59 Å². The van der Waals surface area contributed by atoms with Crippen LogP contribution in [0.25, 0.3) is 11.5 Å². The van der Waals surface area contributed by atoms with Gasteiger partial charge in [-0.05, 0) is 18.6 Å². The summed E-state index contributed by atoms with van der Waals surface area (Å²) in [5.74, 6) is 0.0612. The number of carbonyl (C=O) groups is 2. The van der Waals surface area contributed by atoms with Gasteiger partial charge in [-0.1, -0.05) is 6.92 Å². The number of hydrogen-bond acceptors (Lipinski definition) is 6. The molecule has 0 aliphatic carbocycles. The number of anilines is 1. The molecule has 1 atom stereocenters. The van der Waals surface area contributed by atoms with Gasteiger partial charge < -0.3 is 14.9 Å². The van der Waals surface area contributed by atoms with Crippen molar-refractivity contribution in [3.05, 3.63) is 24.0 Å². The summed E-state index contributed by atoms with van der Waals surface area (Å²) in [5, 5.41) is 4.23. The Morgan fingerprint density at radius 3 is 2.90 bits per heavy atom. The molecular formula is C13H15N3O4. The topological polar surface area (TPSA) is 100 Å². The van der Waals surface area contributed by atoms with Crippen LogP contribution in [0.2, 0.25) is 0 Å². The van der Waals surface area contributed by atoms with Crippen LogP contribution in [0, 0.1) is 0 Å². The molecule has 0 fully saturated rings. The van der Waals surface area contributed by atoms with Crippen molar-refractivity contribution in [3.63, 3.8) is 0 Å². The lowest BCUT2D eigenvalue weighted by molar-refractivity contribution is -0.144. The molecule has 0 aliphatic rings. The number of esters is 1. The van der Waals surface area contributed by atoms with Gasteiger partial charge in [0.2, 0.25) is 0 Å². The molecule has 2 N–H and O–H groups in total. The third-order valence-electron chi connectivity index (χ3n) is 3.01. The van der Waals surface area contributed by atoms with Crippen molar-refractivity contribution >= 4 is 18.1 Å². The third-order valence-corrected chi connectivity index (χ3v) is 3.01. The number of nitrogen functional groups attached to an aromatic ring is 1. The Balaban J connectivity index is 2.56. The van der Waals surface area contributed by atoms with Gasteiger partial charge in [-0.3, -0.25) is 4.79 Å². The third kappa shape index (κ3) is 2.18. The molecule has 0 saturated heterocycles. The van der Waals surface area contributed by atoms with Crippen molar-refractivity contribution < 1.29 is 18.7 Å². The monoisotopic (exact) mass is 277 g/mol. The fourth-order valence-corrected chi connectivity index (χ4v) is 1.98. The summed E-state index contributed by atoms with van der Waals surface area (Å²) in [6.45, 7) is 1.80. The number of hydrogen-bond donors (Lipinski definition) is 1. The predicted octanol–water partition coefficient (Wildman–Crippen LogP) is 1.66. The van der Waals surface area contributed by atoms with Gasteiger partial charge in [-0.15, -0.1) is 0 Å². The molecule has 0 aromatic carbocycles. The highest BCUT2D eigenvalue weighted by atomic mass is 16.5. The van der Waals surface area contributed by atoms with Gasteiger partial charge in [0.25, 0.3) is 0 Å². The first-order valence-electron chi connectivity index (χ1n) is 6.08. The van der Waals surface area contributed by atoms with Crippen molar-refractivity contribution in [2.45, 2.75) is 19.4 Å². The minimum absolute atomic E-state index is 0.114. The zero-order valence-electron chi connectivity index (χ0n) is 11.2. The van der Waals surface area contributed by atoms with E-state index < -0.39 is 12.0 Å². The average molecular weight is 277 g/mol. The summed E-state index contributed by atoms with van der Waals surface area (Å²) >= 11 is 0. The standard InChI is InChI=1S/C13H15N3O4/c1-3-9(13(18)19-2)16-12(14)8(7-17)11(15-16)10-5-4-6-20-10/h4-7,9H,3,14H2,1-2H3. The van der Waals surface area contributed by atoms with Crippen molar-refractivity contribution in [2.24, 2.45) is 0 Å². The van der Waals surface area contributed by atoms with Gasteiger partial charge in [-0.2, -0.15) is 5.10 Å². The molecule has 7 nitrogen and oxygen atoms in total. The van der Waals surface area contributed by atoms with Crippen molar-refractivity contribution in [1.29, 1.82) is 0 Å². The molecule has 20 heavy (non-hydrogen) atoms. The molecule has 106 valence electrons. The Hall–Kier alpha value is -2.57. The number of ether oxygens (including phenoxy) is 1. The summed E-state index contributed by atoms with van der Waals surface area (Å²) in [6, 6.07) is 2.66. The maximum atomic E-state index is 11.7. The van der Waals surface area contributed by atoms with E-state index in [1.807, 2.05) is 0 Å². The molecule has 0 amide bonds. The lowest BCUT2D eigenvalue weighted by atomic mass is 10.2. The van der Waals surface area contributed by atoms with Crippen LogP contribution in [0.4, 0.5) is 5.82 Å². The van der Waals surface area contributed by atoms with E-state index in [1.54, 1.807) is 19.1 Å². The van der Waals surface area contributed by atoms with Crippen LogP contribution in [-0.4, -0.2) is 29.1 Å². The first-order chi connectivity index (χ1) is 9.63. The van der Waals surface area contributed by atoms with Crippen LogP contribution >= 0.6 is 0 Å². The SMILES string of the molecule is CCC(C(=O)OC)n1nc(-c2ccco2)c(C=O)c1N. The van der Waals surface area contributed by atoms with Gasteiger partial charge in [0.15, 0.2) is 18.1 Å². The fourth-order valence-electron chi connectivity index (χ4n) is 1.98. The van der Waals surface area contributed by atoms with E-state index >= 15 is 0 Å². The number of nitrogens with two attached hydrogens (primary N) is 1. The molecule has 2 aromatic rings. The maximum Gasteiger partial charge on any atom is 0.330 e.